The average molecular weight is 321 g/mol. The number of carbonyl (C=O) groups excluding carboxylic acids is 2. The molecule has 23 heavy (non-hydrogen) atoms. The van der Waals surface area contributed by atoms with Crippen LogP contribution in [0, 0.1) is 0 Å². The predicted octanol–water partition coefficient (Wildman–Crippen LogP) is 1.84. The number of carbonyl (C=O) groups is 2. The lowest BCUT2D eigenvalue weighted by Crippen LogP contribution is -2.47. The van der Waals surface area contributed by atoms with Gasteiger partial charge in [-0.15, -0.1) is 0 Å². The minimum Gasteiger partial charge on any atom is -0.497 e. The number of anilines is 1. The lowest BCUT2D eigenvalue weighted by atomic mass is 10.1. The molecule has 1 aromatic carbocycles. The number of ether oxygens (including phenoxy) is 2. The van der Waals surface area contributed by atoms with Crippen LogP contribution in [-0.4, -0.2) is 50.2 Å². The molecule has 1 aliphatic heterocycles. The summed E-state index contributed by atoms with van der Waals surface area (Å²) >= 11 is 0. The highest BCUT2D eigenvalue weighted by molar-refractivity contribution is 5.91. The molecule has 0 bridgehead atoms. The van der Waals surface area contributed by atoms with Crippen molar-refractivity contribution in [1.82, 2.24) is 10.2 Å². The molecule has 126 valence electrons. The van der Waals surface area contributed by atoms with Crippen LogP contribution in [0.1, 0.15) is 19.8 Å². The third-order valence-corrected chi connectivity index (χ3v) is 3.84. The molecule has 1 fully saturated rings. The van der Waals surface area contributed by atoms with Crippen molar-refractivity contribution >= 4 is 17.6 Å². The zero-order chi connectivity index (χ0) is 16.8. The molecule has 7 heteroatoms. The second-order valence-electron chi connectivity index (χ2n) is 5.46. The maximum absolute atomic E-state index is 12.4. The molecular formula is C16H23N3O4. The topological polar surface area (TPSA) is 79.9 Å². The molecule has 0 radical (unpaired) electrons. The van der Waals surface area contributed by atoms with E-state index in [-0.39, 0.29) is 18.0 Å². The largest absolute Gasteiger partial charge is 0.497 e. The fourth-order valence-electron chi connectivity index (χ4n) is 2.62. The van der Waals surface area contributed by atoms with Crippen molar-refractivity contribution in [3.8, 4) is 11.5 Å². The summed E-state index contributed by atoms with van der Waals surface area (Å²) in [6.45, 7) is 2.71. The van der Waals surface area contributed by atoms with Crippen LogP contribution in [0.4, 0.5) is 10.5 Å². The number of nitrogens with one attached hydrogen (secondary N) is 2. The highest BCUT2D eigenvalue weighted by Crippen LogP contribution is 2.29. The second kappa shape index (κ2) is 7.71. The molecule has 0 aromatic heterocycles. The van der Waals surface area contributed by atoms with Gasteiger partial charge in [-0.25, -0.2) is 4.79 Å². The van der Waals surface area contributed by atoms with E-state index in [4.69, 9.17) is 9.47 Å². The van der Waals surface area contributed by atoms with E-state index in [0.29, 0.717) is 30.3 Å². The molecule has 0 saturated carbocycles. The van der Waals surface area contributed by atoms with E-state index >= 15 is 0 Å². The fraction of sp³-hybridized carbons (Fsp3) is 0.500. The van der Waals surface area contributed by atoms with Gasteiger partial charge in [-0.3, -0.25) is 4.79 Å². The van der Waals surface area contributed by atoms with Crippen molar-refractivity contribution in [2.24, 2.45) is 0 Å². The molecule has 7 nitrogen and oxygen atoms in total. The van der Waals surface area contributed by atoms with Crippen molar-refractivity contribution < 1.29 is 19.1 Å². The van der Waals surface area contributed by atoms with Gasteiger partial charge in [-0.2, -0.15) is 0 Å². The number of amides is 3. The summed E-state index contributed by atoms with van der Waals surface area (Å²) < 4.78 is 10.4. The molecule has 2 N–H and O–H groups in total. The summed E-state index contributed by atoms with van der Waals surface area (Å²) in [4.78, 5) is 25.2. The molecule has 0 atom stereocenters. The van der Waals surface area contributed by atoms with Crippen LogP contribution in [0.2, 0.25) is 0 Å². The lowest BCUT2D eigenvalue weighted by molar-refractivity contribution is -0.119. The van der Waals surface area contributed by atoms with E-state index in [2.05, 4.69) is 10.6 Å². The van der Waals surface area contributed by atoms with Gasteiger partial charge in [-0.05, 0) is 25.0 Å². The number of methoxy groups -OCH3 is 2. The molecule has 0 spiro atoms. The summed E-state index contributed by atoms with van der Waals surface area (Å²) in [7, 11) is 3.12. The van der Waals surface area contributed by atoms with Gasteiger partial charge in [0.1, 0.15) is 11.5 Å². The van der Waals surface area contributed by atoms with Gasteiger partial charge in [0.2, 0.25) is 5.91 Å². The molecular weight excluding hydrogens is 298 g/mol. The maximum atomic E-state index is 12.4. The Balaban J connectivity index is 1.96. The monoisotopic (exact) mass is 321 g/mol. The minimum atomic E-state index is -0.183. The Bertz CT molecular complexity index is 568. The smallest absolute Gasteiger partial charge is 0.321 e. The quantitative estimate of drug-likeness (QED) is 0.887. The van der Waals surface area contributed by atoms with E-state index in [9.17, 15) is 9.59 Å². The Kier molecular flexibility index (Phi) is 5.67. The molecule has 1 aromatic rings. The van der Waals surface area contributed by atoms with E-state index in [1.54, 1.807) is 37.3 Å². The van der Waals surface area contributed by atoms with Crippen LogP contribution in [0.5, 0.6) is 11.5 Å². The van der Waals surface area contributed by atoms with Crippen molar-refractivity contribution in [2.75, 3.05) is 32.6 Å². The Morgan fingerprint density at radius 2 is 1.87 bits per heavy atom. The number of likely N-dealkylation sites (tertiary alicyclic amines) is 1. The van der Waals surface area contributed by atoms with Crippen LogP contribution < -0.4 is 20.1 Å². The first-order chi connectivity index (χ1) is 11.0. The summed E-state index contributed by atoms with van der Waals surface area (Å²) in [6, 6.07) is 5.20. The first-order valence-electron chi connectivity index (χ1n) is 7.58. The number of benzene rings is 1. The zero-order valence-corrected chi connectivity index (χ0v) is 13.7. The number of hydrogen-bond donors (Lipinski definition) is 2. The van der Waals surface area contributed by atoms with E-state index in [0.717, 1.165) is 12.8 Å². The average Bonchev–Trinajstić information content (AvgIpc) is 2.54. The molecule has 0 unspecified atom stereocenters. The Hall–Kier alpha value is -2.44. The van der Waals surface area contributed by atoms with Gasteiger partial charge < -0.3 is 25.0 Å². The molecule has 2 rings (SSSR count). The van der Waals surface area contributed by atoms with Gasteiger partial charge in [0, 0.05) is 32.1 Å². The lowest BCUT2D eigenvalue weighted by Gasteiger charge is -2.32. The first-order valence-corrected chi connectivity index (χ1v) is 7.58. The highest BCUT2D eigenvalue weighted by Gasteiger charge is 2.23. The molecule has 1 saturated heterocycles. The Labute approximate surface area is 135 Å². The number of rotatable bonds is 4. The van der Waals surface area contributed by atoms with E-state index in [1.807, 2.05) is 0 Å². The Morgan fingerprint density at radius 1 is 1.17 bits per heavy atom. The van der Waals surface area contributed by atoms with E-state index < -0.39 is 0 Å². The fourth-order valence-corrected chi connectivity index (χ4v) is 2.62. The highest BCUT2D eigenvalue weighted by atomic mass is 16.5. The van der Waals surface area contributed by atoms with Crippen molar-refractivity contribution in [3.63, 3.8) is 0 Å². The van der Waals surface area contributed by atoms with Crippen LogP contribution in [-0.2, 0) is 4.79 Å². The third-order valence-electron chi connectivity index (χ3n) is 3.84. The molecule has 0 aliphatic carbocycles. The van der Waals surface area contributed by atoms with Crippen molar-refractivity contribution in [2.45, 2.75) is 25.8 Å². The number of nitrogens with zero attached hydrogens (tertiary/aromatic N) is 1. The van der Waals surface area contributed by atoms with Crippen LogP contribution in [0.15, 0.2) is 18.2 Å². The van der Waals surface area contributed by atoms with Gasteiger partial charge in [0.05, 0.1) is 19.9 Å². The number of urea groups is 1. The zero-order valence-electron chi connectivity index (χ0n) is 13.7. The molecule has 3 amide bonds. The summed E-state index contributed by atoms with van der Waals surface area (Å²) in [5, 5.41) is 5.75. The SMILES string of the molecule is COc1ccc(OC)c(NC(=O)N2CCC(NC(C)=O)CC2)c1. The van der Waals surface area contributed by atoms with E-state index in [1.165, 1.54) is 6.92 Å². The number of piperidine rings is 1. The maximum Gasteiger partial charge on any atom is 0.321 e. The second-order valence-corrected chi connectivity index (χ2v) is 5.46. The van der Waals surface area contributed by atoms with Gasteiger partial charge in [-0.1, -0.05) is 0 Å². The van der Waals surface area contributed by atoms with Crippen molar-refractivity contribution in [3.05, 3.63) is 18.2 Å². The Morgan fingerprint density at radius 3 is 2.43 bits per heavy atom. The van der Waals surface area contributed by atoms with Crippen molar-refractivity contribution in [1.29, 1.82) is 0 Å². The van der Waals surface area contributed by atoms with Gasteiger partial charge in [0.15, 0.2) is 0 Å². The molecule has 1 heterocycles. The minimum absolute atomic E-state index is 0.0333. The summed E-state index contributed by atoms with van der Waals surface area (Å²) in [6.07, 6.45) is 1.50. The first kappa shape index (κ1) is 16.9. The van der Waals surface area contributed by atoms with Gasteiger partial charge in [0.25, 0.3) is 0 Å². The predicted molar refractivity (Wildman–Crippen MR) is 87.0 cm³/mol. The standard InChI is InChI=1S/C16H23N3O4/c1-11(20)17-12-6-8-19(9-7-12)16(21)18-14-10-13(22-2)4-5-15(14)23-3/h4-5,10,12H,6-9H2,1-3H3,(H,17,20)(H,18,21). The third kappa shape index (κ3) is 4.51. The normalized spacial score (nSPS) is 15.0. The van der Waals surface area contributed by atoms with Gasteiger partial charge >= 0.3 is 6.03 Å². The van der Waals surface area contributed by atoms with Crippen LogP contribution in [0.25, 0.3) is 0 Å². The summed E-state index contributed by atoms with van der Waals surface area (Å²) in [5.41, 5.74) is 0.570. The number of hydrogen-bond acceptors (Lipinski definition) is 4. The van der Waals surface area contributed by atoms with Crippen LogP contribution >= 0.6 is 0 Å². The van der Waals surface area contributed by atoms with Crippen LogP contribution in [0.3, 0.4) is 0 Å². The summed E-state index contributed by atoms with van der Waals surface area (Å²) in [5.74, 6) is 1.19. The molecule has 1 aliphatic rings.